The lowest BCUT2D eigenvalue weighted by Crippen LogP contribution is -2.52. The smallest absolute Gasteiger partial charge is 0.410 e. The van der Waals surface area contributed by atoms with Crippen molar-refractivity contribution in [2.24, 2.45) is 5.92 Å². The third-order valence-corrected chi connectivity index (χ3v) is 5.83. The Labute approximate surface area is 203 Å². The maximum Gasteiger partial charge on any atom is 0.410 e. The first-order chi connectivity index (χ1) is 15.9. The Morgan fingerprint density at radius 2 is 1.71 bits per heavy atom. The molecule has 2 rings (SSSR count). The zero-order chi connectivity index (χ0) is 25.4. The van der Waals surface area contributed by atoms with Gasteiger partial charge in [-0.3, -0.25) is 0 Å². The van der Waals surface area contributed by atoms with E-state index in [1.807, 2.05) is 65.0 Å². The summed E-state index contributed by atoms with van der Waals surface area (Å²) in [5.74, 6) is -0.308. The van der Waals surface area contributed by atoms with E-state index in [1.54, 1.807) is 4.90 Å². The van der Waals surface area contributed by atoms with Crippen LogP contribution < -0.4 is 5.32 Å². The van der Waals surface area contributed by atoms with Crippen LogP contribution in [0.1, 0.15) is 65.9 Å². The van der Waals surface area contributed by atoms with Gasteiger partial charge in [-0.1, -0.05) is 44.2 Å². The molecule has 1 aromatic carbocycles. The quantitative estimate of drug-likeness (QED) is 0.432. The van der Waals surface area contributed by atoms with Crippen molar-refractivity contribution in [3.8, 4) is 0 Å². The molecule has 0 unspecified atom stereocenters. The number of alkyl carbamates (subject to hydrolysis) is 1. The lowest BCUT2D eigenvalue weighted by atomic mass is 9.85. The second-order valence-corrected chi connectivity index (χ2v) is 10.4. The minimum atomic E-state index is -0.773. The molecular formula is C26H40N2O6. The van der Waals surface area contributed by atoms with Crippen LogP contribution in [0, 0.1) is 5.92 Å². The molecule has 1 aliphatic rings. The van der Waals surface area contributed by atoms with Crippen LogP contribution in [-0.4, -0.2) is 60.5 Å². The van der Waals surface area contributed by atoms with Crippen LogP contribution in [0.4, 0.5) is 9.59 Å². The number of amides is 2. The Kier molecular flexibility index (Phi) is 9.77. The van der Waals surface area contributed by atoms with Gasteiger partial charge in [0.2, 0.25) is 0 Å². The lowest BCUT2D eigenvalue weighted by molar-refractivity contribution is -0.143. The van der Waals surface area contributed by atoms with Crippen molar-refractivity contribution in [1.82, 2.24) is 10.2 Å². The van der Waals surface area contributed by atoms with Gasteiger partial charge >= 0.3 is 18.2 Å². The lowest BCUT2D eigenvalue weighted by Gasteiger charge is -2.41. The second kappa shape index (κ2) is 12.1. The number of piperidine rings is 1. The molecule has 0 radical (unpaired) electrons. The van der Waals surface area contributed by atoms with Gasteiger partial charge in [0.25, 0.3) is 0 Å². The monoisotopic (exact) mass is 476 g/mol. The van der Waals surface area contributed by atoms with Gasteiger partial charge in [-0.15, -0.1) is 0 Å². The molecule has 0 spiro atoms. The number of ether oxygens (including phenoxy) is 3. The van der Waals surface area contributed by atoms with Crippen LogP contribution in [0.5, 0.6) is 0 Å². The Balaban J connectivity index is 2.10. The highest BCUT2D eigenvalue weighted by Crippen LogP contribution is 2.32. The zero-order valence-corrected chi connectivity index (χ0v) is 21.4. The Morgan fingerprint density at radius 3 is 2.24 bits per heavy atom. The highest BCUT2D eigenvalue weighted by atomic mass is 16.6. The first kappa shape index (κ1) is 27.5. The number of nitrogens with zero attached hydrogens (tertiary/aromatic N) is 1. The molecular weight excluding hydrogens is 436 g/mol. The maximum absolute atomic E-state index is 12.9. The third kappa shape index (κ3) is 8.88. The number of aryl methyl sites for hydroxylation is 1. The molecule has 34 heavy (non-hydrogen) atoms. The van der Waals surface area contributed by atoms with Crippen LogP contribution in [0.15, 0.2) is 30.3 Å². The molecule has 0 aliphatic carbocycles. The number of carbonyl (C=O) groups excluding carboxylic acids is 3. The molecule has 0 bridgehead atoms. The fourth-order valence-electron chi connectivity index (χ4n) is 4.04. The average Bonchev–Trinajstić information content (AvgIpc) is 2.76. The predicted molar refractivity (Wildman–Crippen MR) is 129 cm³/mol. The van der Waals surface area contributed by atoms with E-state index >= 15 is 0 Å². The van der Waals surface area contributed by atoms with Gasteiger partial charge in [0.1, 0.15) is 17.2 Å². The van der Waals surface area contributed by atoms with Crippen molar-refractivity contribution >= 4 is 18.2 Å². The summed E-state index contributed by atoms with van der Waals surface area (Å²) in [6, 6.07) is 9.23. The molecule has 1 aliphatic heterocycles. The fourth-order valence-corrected chi connectivity index (χ4v) is 4.04. The Hall–Kier alpha value is -2.77. The summed E-state index contributed by atoms with van der Waals surface area (Å²) < 4.78 is 16.3. The van der Waals surface area contributed by atoms with Crippen LogP contribution in [0.2, 0.25) is 0 Å². The van der Waals surface area contributed by atoms with Crippen molar-refractivity contribution in [2.45, 2.75) is 84.0 Å². The maximum atomic E-state index is 12.9. The molecule has 1 saturated heterocycles. The van der Waals surface area contributed by atoms with Crippen molar-refractivity contribution in [1.29, 1.82) is 0 Å². The summed E-state index contributed by atoms with van der Waals surface area (Å²) in [4.78, 5) is 39.2. The summed E-state index contributed by atoms with van der Waals surface area (Å²) in [6.07, 6.45) is 1.75. The van der Waals surface area contributed by atoms with E-state index in [4.69, 9.17) is 14.2 Å². The Bertz CT molecular complexity index is 810. The highest BCUT2D eigenvalue weighted by Gasteiger charge is 2.40. The SMILES string of the molecule is COC(=O)[C@H](CC(C)C)NC(=O)OC1(CCc2ccccc2)CCN(C(=O)OC(C)(C)C)CC1. The Morgan fingerprint density at radius 1 is 1.09 bits per heavy atom. The van der Waals surface area contributed by atoms with Crippen molar-refractivity contribution < 1.29 is 28.6 Å². The van der Waals surface area contributed by atoms with Crippen molar-refractivity contribution in [3.63, 3.8) is 0 Å². The molecule has 1 atom stereocenters. The fraction of sp³-hybridized carbons (Fsp3) is 0.654. The van der Waals surface area contributed by atoms with Gasteiger partial charge in [-0.25, -0.2) is 14.4 Å². The minimum absolute atomic E-state index is 0.188. The molecule has 1 heterocycles. The van der Waals surface area contributed by atoms with E-state index in [0.29, 0.717) is 38.8 Å². The largest absolute Gasteiger partial charge is 0.467 e. The molecule has 1 fully saturated rings. The number of nitrogens with one attached hydrogen (secondary N) is 1. The average molecular weight is 477 g/mol. The number of hydrogen-bond donors (Lipinski definition) is 1. The summed E-state index contributed by atoms with van der Waals surface area (Å²) in [5, 5.41) is 2.69. The van der Waals surface area contributed by atoms with E-state index in [2.05, 4.69) is 5.32 Å². The molecule has 0 aromatic heterocycles. The standard InChI is InChI=1S/C26H40N2O6/c1-19(2)18-21(22(29)32-6)27-23(30)33-26(13-12-20-10-8-7-9-11-20)14-16-28(17-15-26)24(31)34-25(3,4)5/h7-11,19,21H,12-18H2,1-6H3,(H,27,30)/t21-/m0/s1. The summed E-state index contributed by atoms with van der Waals surface area (Å²) >= 11 is 0. The topological polar surface area (TPSA) is 94.2 Å². The predicted octanol–water partition coefficient (Wildman–Crippen LogP) is 4.70. The van der Waals surface area contributed by atoms with E-state index in [-0.39, 0.29) is 12.0 Å². The van der Waals surface area contributed by atoms with E-state index in [9.17, 15) is 14.4 Å². The van der Waals surface area contributed by atoms with E-state index in [0.717, 1.165) is 12.0 Å². The summed E-state index contributed by atoms with van der Waals surface area (Å²) in [5.41, 5.74) is -0.182. The molecule has 0 saturated carbocycles. The molecule has 8 heteroatoms. The number of rotatable bonds is 8. The molecule has 1 aromatic rings. The number of hydrogen-bond acceptors (Lipinski definition) is 6. The first-order valence-corrected chi connectivity index (χ1v) is 12.0. The number of carbonyl (C=O) groups is 3. The van der Waals surface area contributed by atoms with Crippen molar-refractivity contribution in [3.05, 3.63) is 35.9 Å². The normalized spacial score (nSPS) is 16.5. The highest BCUT2D eigenvalue weighted by molar-refractivity contribution is 5.81. The van der Waals surface area contributed by atoms with Crippen LogP contribution in [-0.2, 0) is 25.4 Å². The van der Waals surface area contributed by atoms with Crippen LogP contribution in [0.3, 0.4) is 0 Å². The first-order valence-electron chi connectivity index (χ1n) is 12.0. The number of esters is 1. The molecule has 8 nitrogen and oxygen atoms in total. The van der Waals surface area contributed by atoms with E-state index < -0.39 is 29.3 Å². The molecule has 2 amide bonds. The van der Waals surface area contributed by atoms with Crippen LogP contribution >= 0.6 is 0 Å². The third-order valence-electron chi connectivity index (χ3n) is 5.83. The summed E-state index contributed by atoms with van der Waals surface area (Å²) in [6.45, 7) is 10.3. The van der Waals surface area contributed by atoms with Gasteiger partial charge in [-0.05, 0) is 51.5 Å². The summed E-state index contributed by atoms with van der Waals surface area (Å²) in [7, 11) is 1.30. The van der Waals surface area contributed by atoms with Gasteiger partial charge in [0, 0.05) is 25.9 Å². The van der Waals surface area contributed by atoms with E-state index in [1.165, 1.54) is 7.11 Å². The van der Waals surface area contributed by atoms with Gasteiger partial charge in [-0.2, -0.15) is 0 Å². The van der Waals surface area contributed by atoms with Gasteiger partial charge in [0.05, 0.1) is 7.11 Å². The number of benzene rings is 1. The number of methoxy groups -OCH3 is 1. The van der Waals surface area contributed by atoms with Gasteiger partial charge in [0.15, 0.2) is 0 Å². The second-order valence-electron chi connectivity index (χ2n) is 10.4. The minimum Gasteiger partial charge on any atom is -0.467 e. The van der Waals surface area contributed by atoms with Gasteiger partial charge < -0.3 is 24.4 Å². The molecule has 190 valence electrons. The van der Waals surface area contributed by atoms with Crippen LogP contribution in [0.25, 0.3) is 0 Å². The number of likely N-dealkylation sites (tertiary alicyclic amines) is 1. The molecule has 1 N–H and O–H groups in total. The zero-order valence-electron chi connectivity index (χ0n) is 21.4. The van der Waals surface area contributed by atoms with Crippen molar-refractivity contribution in [2.75, 3.05) is 20.2 Å².